The van der Waals surface area contributed by atoms with Gasteiger partial charge >= 0.3 is 0 Å². The normalized spacial score (nSPS) is 21.2. The molecule has 5 rings (SSSR count). The number of carbonyl (C=O) groups excluding carboxylic acids is 1. The van der Waals surface area contributed by atoms with Crippen LogP contribution in [0.1, 0.15) is 55.8 Å². The van der Waals surface area contributed by atoms with Crippen molar-refractivity contribution in [3.63, 3.8) is 0 Å². The fraction of sp³-hybridized carbons (Fsp3) is 0.400. The van der Waals surface area contributed by atoms with E-state index in [2.05, 4.69) is 35.3 Å². The predicted molar refractivity (Wildman–Crippen MR) is 125 cm³/mol. The number of hydrogen-bond acceptors (Lipinski definition) is 4. The van der Waals surface area contributed by atoms with Crippen LogP contribution >= 0.6 is 0 Å². The number of aromatic amines is 1. The third kappa shape index (κ3) is 4.00. The molecule has 1 aliphatic carbocycles. The van der Waals surface area contributed by atoms with Crippen molar-refractivity contribution in [1.29, 1.82) is 0 Å². The molecule has 166 valence electrons. The zero-order valence-electron chi connectivity index (χ0n) is 18.7. The van der Waals surface area contributed by atoms with Crippen LogP contribution in [0.15, 0.2) is 54.9 Å². The molecule has 7 nitrogen and oxygen atoms in total. The number of pyridine rings is 1. The topological polar surface area (TPSA) is 78.3 Å². The first-order chi connectivity index (χ1) is 15.5. The van der Waals surface area contributed by atoms with Gasteiger partial charge in [-0.05, 0) is 63.8 Å². The van der Waals surface area contributed by atoms with Gasteiger partial charge in [-0.2, -0.15) is 0 Å². The Kier molecular flexibility index (Phi) is 5.43. The molecule has 3 heterocycles. The molecule has 0 spiro atoms. The lowest BCUT2D eigenvalue weighted by molar-refractivity contribution is 0.0564. The quantitative estimate of drug-likeness (QED) is 0.481. The first kappa shape index (κ1) is 20.7. The second-order valence-electron chi connectivity index (χ2n) is 9.06. The monoisotopic (exact) mass is 430 g/mol. The number of H-pyrrole nitrogens is 1. The molecule has 1 amide bonds. The molecule has 0 saturated heterocycles. The van der Waals surface area contributed by atoms with Gasteiger partial charge in [0.25, 0.3) is 5.91 Å². The maximum absolute atomic E-state index is 13.3. The lowest BCUT2D eigenvalue weighted by Gasteiger charge is -2.43. The minimum absolute atomic E-state index is 0.0155. The molecule has 0 bridgehead atoms. The van der Waals surface area contributed by atoms with Crippen LogP contribution in [0, 0.1) is 0 Å². The van der Waals surface area contributed by atoms with Crippen LogP contribution in [0.4, 0.5) is 0 Å². The number of imidazole rings is 2. The number of nitrogens with zero attached hydrogens (tertiary/aromatic N) is 4. The molecule has 1 unspecified atom stereocenters. The van der Waals surface area contributed by atoms with Crippen molar-refractivity contribution < 1.29 is 4.79 Å². The van der Waals surface area contributed by atoms with Gasteiger partial charge in [-0.1, -0.05) is 18.2 Å². The zero-order valence-corrected chi connectivity index (χ0v) is 18.7. The van der Waals surface area contributed by atoms with Crippen LogP contribution in [0.5, 0.6) is 0 Å². The Morgan fingerprint density at radius 3 is 2.91 bits per heavy atom. The second kappa shape index (κ2) is 8.39. The van der Waals surface area contributed by atoms with Gasteiger partial charge in [0, 0.05) is 37.1 Å². The fourth-order valence-corrected chi connectivity index (χ4v) is 5.01. The van der Waals surface area contributed by atoms with Gasteiger partial charge in [-0.15, -0.1) is 0 Å². The minimum Gasteiger partial charge on any atom is -0.334 e. The fourth-order valence-electron chi connectivity index (χ4n) is 5.01. The first-order valence-corrected chi connectivity index (χ1v) is 11.5. The lowest BCUT2D eigenvalue weighted by atomic mass is 9.79. The van der Waals surface area contributed by atoms with E-state index in [1.807, 2.05) is 58.0 Å². The molecule has 1 aromatic carbocycles. The van der Waals surface area contributed by atoms with E-state index >= 15 is 0 Å². The van der Waals surface area contributed by atoms with Crippen molar-refractivity contribution in [3.05, 3.63) is 66.4 Å². The molecule has 4 aromatic rings. The highest BCUT2D eigenvalue weighted by molar-refractivity contribution is 5.94. The maximum atomic E-state index is 13.3. The Hall–Kier alpha value is -3.19. The third-order valence-electron chi connectivity index (χ3n) is 6.70. The predicted octanol–water partition coefficient (Wildman–Crippen LogP) is 4.16. The SMILES string of the molecule is CCN(C(=O)c1nc2ccccc2[nH]1)[C@H]1CCCC(C)(NCc2cn3ccccc3n2)C1. The summed E-state index contributed by atoms with van der Waals surface area (Å²) in [6.07, 6.45) is 8.21. The number of fused-ring (bicyclic) bond motifs is 2. The van der Waals surface area contributed by atoms with Gasteiger partial charge in [0.05, 0.1) is 16.7 Å². The van der Waals surface area contributed by atoms with Gasteiger partial charge in [-0.25, -0.2) is 9.97 Å². The Morgan fingerprint density at radius 1 is 1.25 bits per heavy atom. The Labute approximate surface area is 187 Å². The Balaban J connectivity index is 1.29. The average Bonchev–Trinajstić information content (AvgIpc) is 3.42. The molecule has 2 atom stereocenters. The van der Waals surface area contributed by atoms with E-state index in [-0.39, 0.29) is 17.5 Å². The summed E-state index contributed by atoms with van der Waals surface area (Å²) < 4.78 is 2.05. The van der Waals surface area contributed by atoms with Gasteiger partial charge < -0.3 is 19.6 Å². The summed E-state index contributed by atoms with van der Waals surface area (Å²) in [5, 5.41) is 3.75. The van der Waals surface area contributed by atoms with Crippen LogP contribution in [-0.4, -0.2) is 48.3 Å². The highest BCUT2D eigenvalue weighted by Gasteiger charge is 2.36. The number of carbonyl (C=O) groups is 1. The second-order valence-corrected chi connectivity index (χ2v) is 9.06. The van der Waals surface area contributed by atoms with E-state index < -0.39 is 0 Å². The van der Waals surface area contributed by atoms with Crippen LogP contribution in [0.3, 0.4) is 0 Å². The molecule has 1 saturated carbocycles. The molecular formula is C25H30N6O. The van der Waals surface area contributed by atoms with E-state index in [1.165, 1.54) is 0 Å². The minimum atomic E-state index is -0.0414. The van der Waals surface area contributed by atoms with Crippen molar-refractivity contribution in [2.75, 3.05) is 6.54 Å². The lowest BCUT2D eigenvalue weighted by Crippen LogP contribution is -2.53. The van der Waals surface area contributed by atoms with E-state index in [0.717, 1.165) is 48.1 Å². The van der Waals surface area contributed by atoms with Crippen molar-refractivity contribution in [3.8, 4) is 0 Å². The molecular weight excluding hydrogens is 400 g/mol. The van der Waals surface area contributed by atoms with E-state index in [1.54, 1.807) is 0 Å². The van der Waals surface area contributed by atoms with Crippen molar-refractivity contribution in [2.24, 2.45) is 0 Å². The summed E-state index contributed by atoms with van der Waals surface area (Å²) in [7, 11) is 0. The first-order valence-electron chi connectivity index (χ1n) is 11.5. The van der Waals surface area contributed by atoms with Crippen LogP contribution in [-0.2, 0) is 6.54 Å². The standard InChI is InChI=1S/C25H30N6O/c1-3-31(24(32)23-28-20-10-4-5-11-21(20)29-23)19-9-8-13-25(2,15-19)26-16-18-17-30-14-7-6-12-22(30)27-18/h4-7,10-12,14,17,19,26H,3,8-9,13,15-16H2,1-2H3,(H,28,29)/t19-,25?/m0/s1. The summed E-state index contributed by atoms with van der Waals surface area (Å²) in [6.45, 7) is 5.71. The number of amides is 1. The summed E-state index contributed by atoms with van der Waals surface area (Å²) in [5.41, 5.74) is 3.68. The highest BCUT2D eigenvalue weighted by atomic mass is 16.2. The van der Waals surface area contributed by atoms with Crippen LogP contribution < -0.4 is 5.32 Å². The molecule has 0 aliphatic heterocycles. The van der Waals surface area contributed by atoms with E-state index in [9.17, 15) is 4.79 Å². The van der Waals surface area contributed by atoms with Gasteiger partial charge in [0.1, 0.15) is 5.65 Å². The van der Waals surface area contributed by atoms with Crippen LogP contribution in [0.25, 0.3) is 16.7 Å². The molecule has 32 heavy (non-hydrogen) atoms. The number of hydrogen-bond donors (Lipinski definition) is 2. The van der Waals surface area contributed by atoms with Crippen molar-refractivity contribution in [1.82, 2.24) is 29.6 Å². The number of benzene rings is 1. The average molecular weight is 431 g/mol. The molecule has 0 radical (unpaired) electrons. The summed E-state index contributed by atoms with van der Waals surface area (Å²) in [6, 6.07) is 14.0. The zero-order chi connectivity index (χ0) is 22.1. The largest absolute Gasteiger partial charge is 0.334 e. The molecule has 2 N–H and O–H groups in total. The van der Waals surface area contributed by atoms with E-state index in [4.69, 9.17) is 4.98 Å². The molecule has 3 aromatic heterocycles. The smallest absolute Gasteiger partial charge is 0.289 e. The number of nitrogens with one attached hydrogen (secondary N) is 2. The molecule has 1 fully saturated rings. The number of rotatable bonds is 6. The van der Waals surface area contributed by atoms with Crippen LogP contribution in [0.2, 0.25) is 0 Å². The third-order valence-corrected chi connectivity index (χ3v) is 6.70. The van der Waals surface area contributed by atoms with Gasteiger partial charge in [0.2, 0.25) is 0 Å². The summed E-state index contributed by atoms with van der Waals surface area (Å²) >= 11 is 0. The summed E-state index contributed by atoms with van der Waals surface area (Å²) in [5.74, 6) is 0.413. The van der Waals surface area contributed by atoms with Crippen molar-refractivity contribution in [2.45, 2.75) is 57.7 Å². The molecule has 1 aliphatic rings. The van der Waals surface area contributed by atoms with Gasteiger partial charge in [-0.3, -0.25) is 4.79 Å². The Morgan fingerprint density at radius 2 is 2.09 bits per heavy atom. The van der Waals surface area contributed by atoms with E-state index in [0.29, 0.717) is 18.9 Å². The number of para-hydroxylation sites is 2. The maximum Gasteiger partial charge on any atom is 0.289 e. The molecule has 7 heteroatoms. The summed E-state index contributed by atoms with van der Waals surface area (Å²) in [4.78, 5) is 27.8. The van der Waals surface area contributed by atoms with Crippen molar-refractivity contribution >= 4 is 22.6 Å². The highest BCUT2D eigenvalue weighted by Crippen LogP contribution is 2.32. The van der Waals surface area contributed by atoms with Gasteiger partial charge in [0.15, 0.2) is 5.82 Å². The Bertz CT molecular complexity index is 1180. The number of aromatic nitrogens is 4.